The molecule has 0 saturated carbocycles. The summed E-state index contributed by atoms with van der Waals surface area (Å²) in [4.78, 5) is 24.0. The minimum Gasteiger partial charge on any atom is -0.348 e. The molecule has 0 spiro atoms. The molecular weight excluding hydrogens is 328 g/mol. The Morgan fingerprint density at radius 3 is 2.52 bits per heavy atom. The van der Waals surface area contributed by atoms with Crippen LogP contribution in [0.25, 0.3) is 0 Å². The van der Waals surface area contributed by atoms with Crippen LogP contribution in [0.3, 0.4) is 0 Å². The molecule has 2 N–H and O–H groups in total. The zero-order valence-electron chi connectivity index (χ0n) is 12.9. The Hall–Kier alpha value is -3.42. The lowest BCUT2D eigenvalue weighted by atomic mass is 10.2. The molecule has 2 heterocycles. The van der Waals surface area contributed by atoms with Crippen molar-refractivity contribution in [2.75, 3.05) is 5.32 Å². The standard InChI is InChI=1S/C17H13F2N5O/c18-14-4-3-13(6-15(14)19)24-17-22-9-12(10-23-17)16(25)21-8-11-2-1-5-20-7-11/h1-7,9-10H,8H2,(H,21,25)(H,22,23,24). The molecule has 126 valence electrons. The largest absolute Gasteiger partial charge is 0.348 e. The number of carbonyl (C=O) groups excluding carboxylic acids is 1. The molecule has 8 heteroatoms. The Kier molecular flexibility index (Phi) is 4.89. The van der Waals surface area contributed by atoms with E-state index in [0.717, 1.165) is 17.7 Å². The molecule has 0 radical (unpaired) electrons. The predicted octanol–water partition coefficient (Wildman–Crippen LogP) is 2.82. The minimum absolute atomic E-state index is 0.162. The fraction of sp³-hybridized carbons (Fsp3) is 0.0588. The molecule has 0 bridgehead atoms. The summed E-state index contributed by atoms with van der Waals surface area (Å²) in [6, 6.07) is 6.98. The molecule has 2 aromatic heterocycles. The van der Waals surface area contributed by atoms with Gasteiger partial charge in [0.2, 0.25) is 5.95 Å². The van der Waals surface area contributed by atoms with Gasteiger partial charge in [0.25, 0.3) is 5.91 Å². The summed E-state index contributed by atoms with van der Waals surface area (Å²) in [5, 5.41) is 5.45. The maximum absolute atomic E-state index is 13.2. The van der Waals surface area contributed by atoms with E-state index >= 15 is 0 Å². The van der Waals surface area contributed by atoms with Crippen molar-refractivity contribution in [3.63, 3.8) is 0 Å². The third-order valence-corrected chi connectivity index (χ3v) is 3.27. The van der Waals surface area contributed by atoms with Crippen molar-refractivity contribution in [2.24, 2.45) is 0 Å². The van der Waals surface area contributed by atoms with Crippen LogP contribution in [0.15, 0.2) is 55.1 Å². The average Bonchev–Trinajstić information content (AvgIpc) is 2.64. The number of hydrogen-bond acceptors (Lipinski definition) is 5. The summed E-state index contributed by atoms with van der Waals surface area (Å²) >= 11 is 0. The van der Waals surface area contributed by atoms with Crippen molar-refractivity contribution in [3.05, 3.63) is 77.9 Å². The first-order chi connectivity index (χ1) is 12.1. The van der Waals surface area contributed by atoms with Crippen LogP contribution in [-0.2, 0) is 6.54 Å². The monoisotopic (exact) mass is 341 g/mol. The molecule has 0 fully saturated rings. The quantitative estimate of drug-likeness (QED) is 0.746. The van der Waals surface area contributed by atoms with E-state index < -0.39 is 11.6 Å². The zero-order chi connectivity index (χ0) is 17.6. The highest BCUT2D eigenvalue weighted by atomic mass is 19.2. The van der Waals surface area contributed by atoms with Crippen LogP contribution >= 0.6 is 0 Å². The van der Waals surface area contributed by atoms with Crippen LogP contribution in [0.5, 0.6) is 0 Å². The molecule has 0 atom stereocenters. The molecular formula is C17H13F2N5O. The Balaban J connectivity index is 1.61. The lowest BCUT2D eigenvalue weighted by Crippen LogP contribution is -2.23. The summed E-state index contributed by atoms with van der Waals surface area (Å²) in [7, 11) is 0. The zero-order valence-corrected chi connectivity index (χ0v) is 12.9. The summed E-state index contributed by atoms with van der Waals surface area (Å²) in [5.74, 6) is -2.08. The van der Waals surface area contributed by atoms with E-state index in [9.17, 15) is 13.6 Å². The fourth-order valence-corrected chi connectivity index (χ4v) is 2.00. The van der Waals surface area contributed by atoms with Crippen molar-refractivity contribution < 1.29 is 13.6 Å². The minimum atomic E-state index is -0.976. The van der Waals surface area contributed by atoms with Gasteiger partial charge in [-0.1, -0.05) is 6.07 Å². The van der Waals surface area contributed by atoms with Gasteiger partial charge in [-0.15, -0.1) is 0 Å². The highest BCUT2D eigenvalue weighted by Gasteiger charge is 2.08. The van der Waals surface area contributed by atoms with E-state index in [0.29, 0.717) is 12.2 Å². The number of anilines is 2. The van der Waals surface area contributed by atoms with Gasteiger partial charge in [-0.3, -0.25) is 9.78 Å². The second-order valence-corrected chi connectivity index (χ2v) is 5.09. The van der Waals surface area contributed by atoms with Crippen LogP contribution in [0, 0.1) is 11.6 Å². The van der Waals surface area contributed by atoms with Gasteiger partial charge in [-0.25, -0.2) is 18.7 Å². The molecule has 1 amide bonds. The summed E-state index contributed by atoms with van der Waals surface area (Å²) in [6.45, 7) is 0.335. The van der Waals surface area contributed by atoms with Crippen LogP contribution in [0.2, 0.25) is 0 Å². The molecule has 0 unspecified atom stereocenters. The average molecular weight is 341 g/mol. The number of amides is 1. The first kappa shape index (κ1) is 16.4. The molecule has 1 aromatic carbocycles. The molecule has 3 aromatic rings. The van der Waals surface area contributed by atoms with E-state index in [4.69, 9.17) is 0 Å². The van der Waals surface area contributed by atoms with Gasteiger partial charge in [-0.05, 0) is 23.8 Å². The summed E-state index contributed by atoms with van der Waals surface area (Å²) in [6.07, 6.45) is 5.99. The molecule has 0 saturated heterocycles. The Morgan fingerprint density at radius 1 is 1.04 bits per heavy atom. The van der Waals surface area contributed by atoms with Crippen molar-refractivity contribution >= 4 is 17.5 Å². The van der Waals surface area contributed by atoms with Gasteiger partial charge in [-0.2, -0.15) is 0 Å². The molecule has 6 nitrogen and oxygen atoms in total. The number of halogens is 2. The lowest BCUT2D eigenvalue weighted by Gasteiger charge is -2.07. The summed E-state index contributed by atoms with van der Waals surface area (Å²) < 4.78 is 26.1. The maximum atomic E-state index is 13.2. The summed E-state index contributed by atoms with van der Waals surface area (Å²) in [5.41, 5.74) is 1.45. The smallest absolute Gasteiger partial charge is 0.254 e. The van der Waals surface area contributed by atoms with Gasteiger partial charge in [0, 0.05) is 43.1 Å². The first-order valence-electron chi connectivity index (χ1n) is 7.33. The van der Waals surface area contributed by atoms with Crippen LogP contribution in [-0.4, -0.2) is 20.9 Å². The number of pyridine rings is 1. The lowest BCUT2D eigenvalue weighted by molar-refractivity contribution is 0.0950. The van der Waals surface area contributed by atoms with Gasteiger partial charge >= 0.3 is 0 Å². The third-order valence-electron chi connectivity index (χ3n) is 3.27. The van der Waals surface area contributed by atoms with Crippen molar-refractivity contribution in [1.82, 2.24) is 20.3 Å². The van der Waals surface area contributed by atoms with Crippen molar-refractivity contribution in [3.8, 4) is 0 Å². The first-order valence-corrected chi connectivity index (χ1v) is 7.33. The van der Waals surface area contributed by atoms with Crippen molar-refractivity contribution in [1.29, 1.82) is 0 Å². The SMILES string of the molecule is O=C(NCc1cccnc1)c1cnc(Nc2ccc(F)c(F)c2)nc1. The normalized spacial score (nSPS) is 10.3. The molecule has 0 aliphatic rings. The van der Waals surface area contributed by atoms with E-state index in [1.54, 1.807) is 18.5 Å². The van der Waals surface area contributed by atoms with E-state index in [1.165, 1.54) is 18.5 Å². The number of hydrogen-bond donors (Lipinski definition) is 2. The fourth-order valence-electron chi connectivity index (χ4n) is 2.00. The molecule has 3 rings (SSSR count). The molecule has 25 heavy (non-hydrogen) atoms. The Morgan fingerprint density at radius 2 is 1.84 bits per heavy atom. The topological polar surface area (TPSA) is 79.8 Å². The number of nitrogens with one attached hydrogen (secondary N) is 2. The Labute approximate surface area is 142 Å². The van der Waals surface area contributed by atoms with Crippen molar-refractivity contribution in [2.45, 2.75) is 6.54 Å². The van der Waals surface area contributed by atoms with Crippen LogP contribution < -0.4 is 10.6 Å². The Bertz CT molecular complexity index is 872. The van der Waals surface area contributed by atoms with Gasteiger partial charge in [0.1, 0.15) is 0 Å². The van der Waals surface area contributed by atoms with Gasteiger partial charge in [0.15, 0.2) is 11.6 Å². The number of nitrogens with zero attached hydrogens (tertiary/aromatic N) is 3. The maximum Gasteiger partial charge on any atom is 0.254 e. The highest BCUT2D eigenvalue weighted by molar-refractivity contribution is 5.93. The van der Waals surface area contributed by atoms with Gasteiger partial charge < -0.3 is 10.6 Å². The second-order valence-electron chi connectivity index (χ2n) is 5.09. The molecule has 0 aliphatic carbocycles. The predicted molar refractivity (Wildman–Crippen MR) is 87.1 cm³/mol. The van der Waals surface area contributed by atoms with Crippen LogP contribution in [0.1, 0.15) is 15.9 Å². The van der Waals surface area contributed by atoms with Crippen LogP contribution in [0.4, 0.5) is 20.4 Å². The van der Waals surface area contributed by atoms with E-state index in [2.05, 4.69) is 25.6 Å². The second kappa shape index (κ2) is 7.43. The van der Waals surface area contributed by atoms with E-state index in [1.807, 2.05) is 6.07 Å². The number of rotatable bonds is 5. The third kappa shape index (κ3) is 4.31. The number of aromatic nitrogens is 3. The number of carbonyl (C=O) groups is 1. The highest BCUT2D eigenvalue weighted by Crippen LogP contribution is 2.16. The van der Waals surface area contributed by atoms with Gasteiger partial charge in [0.05, 0.1) is 5.56 Å². The molecule has 0 aliphatic heterocycles. The number of benzene rings is 1. The van der Waals surface area contributed by atoms with E-state index in [-0.39, 0.29) is 17.4 Å².